The van der Waals surface area contributed by atoms with Crippen LogP contribution in [0.3, 0.4) is 0 Å². The fourth-order valence-electron chi connectivity index (χ4n) is 2.44. The molecule has 1 heterocycles. The van der Waals surface area contributed by atoms with Gasteiger partial charge in [-0.3, -0.25) is 4.57 Å². The van der Waals surface area contributed by atoms with E-state index in [4.69, 9.17) is 0 Å². The highest BCUT2D eigenvalue weighted by Gasteiger charge is 2.25. The lowest BCUT2D eigenvalue weighted by molar-refractivity contribution is 0.152. The van der Waals surface area contributed by atoms with Crippen LogP contribution >= 0.6 is 0 Å². The van der Waals surface area contributed by atoms with Crippen molar-refractivity contribution in [1.82, 2.24) is 14.5 Å². The molecule has 0 radical (unpaired) electrons. The standard InChI is InChI=1S/C16H23N3O/c1-5-12(3)19(13(4)6-2)16(20)18-11-17-14-9-7-8-10-15(14)18/h7-13H,5-6H2,1-4H3. The maximum Gasteiger partial charge on any atom is 0.330 e. The minimum absolute atomic E-state index is 0.0161. The van der Waals surface area contributed by atoms with Gasteiger partial charge in [-0.1, -0.05) is 26.0 Å². The van der Waals surface area contributed by atoms with Crippen molar-refractivity contribution in [2.24, 2.45) is 0 Å². The van der Waals surface area contributed by atoms with E-state index >= 15 is 0 Å². The lowest BCUT2D eigenvalue weighted by Gasteiger charge is -2.33. The molecule has 20 heavy (non-hydrogen) atoms. The topological polar surface area (TPSA) is 38.1 Å². The van der Waals surface area contributed by atoms with E-state index in [0.29, 0.717) is 0 Å². The van der Waals surface area contributed by atoms with E-state index in [9.17, 15) is 4.79 Å². The number of imidazole rings is 1. The summed E-state index contributed by atoms with van der Waals surface area (Å²) in [5, 5.41) is 0. The maximum absolute atomic E-state index is 12.9. The molecule has 0 bridgehead atoms. The van der Waals surface area contributed by atoms with E-state index in [1.165, 1.54) is 0 Å². The van der Waals surface area contributed by atoms with Crippen LogP contribution in [0, 0.1) is 0 Å². The van der Waals surface area contributed by atoms with Gasteiger partial charge in [0.05, 0.1) is 11.0 Å². The Kier molecular flexibility index (Phi) is 4.42. The molecule has 108 valence electrons. The van der Waals surface area contributed by atoms with E-state index in [-0.39, 0.29) is 18.1 Å². The first-order valence-corrected chi connectivity index (χ1v) is 7.34. The van der Waals surface area contributed by atoms with Gasteiger partial charge in [-0.25, -0.2) is 9.78 Å². The Morgan fingerprint density at radius 2 is 1.80 bits per heavy atom. The molecule has 0 N–H and O–H groups in total. The second-order valence-electron chi connectivity index (χ2n) is 5.31. The second-order valence-corrected chi connectivity index (χ2v) is 5.31. The lowest BCUT2D eigenvalue weighted by atomic mass is 10.1. The number of rotatable bonds is 4. The first-order chi connectivity index (χ1) is 9.60. The molecule has 4 nitrogen and oxygen atoms in total. The molecule has 1 amide bonds. The Balaban J connectivity index is 2.41. The molecule has 4 heteroatoms. The predicted molar refractivity (Wildman–Crippen MR) is 81.9 cm³/mol. The van der Waals surface area contributed by atoms with Crippen molar-refractivity contribution >= 4 is 17.1 Å². The molecule has 2 rings (SSSR count). The number of benzene rings is 1. The average molecular weight is 273 g/mol. The van der Waals surface area contributed by atoms with E-state index in [2.05, 4.69) is 32.7 Å². The van der Waals surface area contributed by atoms with E-state index in [1.54, 1.807) is 10.9 Å². The van der Waals surface area contributed by atoms with Crippen LogP contribution in [0.25, 0.3) is 11.0 Å². The van der Waals surface area contributed by atoms with Gasteiger partial charge in [-0.05, 0) is 38.8 Å². The number of carbonyl (C=O) groups is 1. The number of nitrogens with zero attached hydrogens (tertiary/aromatic N) is 3. The molecule has 2 aromatic rings. The fraction of sp³-hybridized carbons (Fsp3) is 0.500. The third-order valence-electron chi connectivity index (χ3n) is 4.01. The number of aromatic nitrogens is 2. The van der Waals surface area contributed by atoms with Crippen molar-refractivity contribution in [2.45, 2.75) is 52.6 Å². The number of fused-ring (bicyclic) bond motifs is 1. The van der Waals surface area contributed by atoms with Gasteiger partial charge in [-0.15, -0.1) is 0 Å². The smallest absolute Gasteiger partial charge is 0.319 e. The van der Waals surface area contributed by atoms with Crippen LogP contribution in [0.2, 0.25) is 0 Å². The van der Waals surface area contributed by atoms with E-state index in [1.807, 2.05) is 29.2 Å². The molecular weight excluding hydrogens is 250 g/mol. The largest absolute Gasteiger partial charge is 0.330 e. The van der Waals surface area contributed by atoms with Gasteiger partial charge in [0.1, 0.15) is 6.33 Å². The van der Waals surface area contributed by atoms with Crippen LogP contribution < -0.4 is 0 Å². The SMILES string of the molecule is CCC(C)N(C(=O)n1cnc2ccccc21)C(C)CC. The van der Waals surface area contributed by atoms with E-state index < -0.39 is 0 Å². The molecule has 0 aliphatic rings. The monoisotopic (exact) mass is 273 g/mol. The van der Waals surface area contributed by atoms with Crippen molar-refractivity contribution in [3.8, 4) is 0 Å². The Labute approximate surface area is 120 Å². The molecule has 0 aliphatic heterocycles. The van der Waals surface area contributed by atoms with Gasteiger partial charge >= 0.3 is 6.03 Å². The van der Waals surface area contributed by atoms with Gasteiger partial charge in [-0.2, -0.15) is 0 Å². The van der Waals surface area contributed by atoms with Gasteiger partial charge in [0.2, 0.25) is 0 Å². The average Bonchev–Trinajstić information content (AvgIpc) is 2.90. The van der Waals surface area contributed by atoms with Crippen LogP contribution in [0.4, 0.5) is 4.79 Å². The second kappa shape index (κ2) is 6.07. The summed E-state index contributed by atoms with van der Waals surface area (Å²) in [6, 6.07) is 8.19. The molecular formula is C16H23N3O. The lowest BCUT2D eigenvalue weighted by Crippen LogP contribution is -2.46. The highest BCUT2D eigenvalue weighted by atomic mass is 16.2. The van der Waals surface area contributed by atoms with Crippen LogP contribution in [-0.2, 0) is 0 Å². The number of carbonyl (C=O) groups excluding carboxylic acids is 1. The maximum atomic E-state index is 12.9. The Bertz CT molecular complexity index is 580. The summed E-state index contributed by atoms with van der Waals surface area (Å²) in [4.78, 5) is 19.1. The molecule has 2 unspecified atom stereocenters. The first kappa shape index (κ1) is 14.6. The van der Waals surface area contributed by atoms with Crippen molar-refractivity contribution in [1.29, 1.82) is 0 Å². The molecule has 0 saturated carbocycles. The molecule has 2 atom stereocenters. The van der Waals surface area contributed by atoms with Crippen molar-refractivity contribution in [3.05, 3.63) is 30.6 Å². The van der Waals surface area contributed by atoms with E-state index in [0.717, 1.165) is 23.9 Å². The van der Waals surface area contributed by atoms with Crippen LogP contribution in [0.1, 0.15) is 40.5 Å². The van der Waals surface area contributed by atoms with Gasteiger partial charge < -0.3 is 4.90 Å². The van der Waals surface area contributed by atoms with Crippen molar-refractivity contribution < 1.29 is 4.79 Å². The van der Waals surface area contributed by atoms with Gasteiger partial charge in [0, 0.05) is 12.1 Å². The van der Waals surface area contributed by atoms with Crippen LogP contribution in [0.5, 0.6) is 0 Å². The van der Waals surface area contributed by atoms with Gasteiger partial charge in [0.15, 0.2) is 0 Å². The summed E-state index contributed by atoms with van der Waals surface area (Å²) < 4.78 is 1.66. The summed E-state index contributed by atoms with van der Waals surface area (Å²) in [6.45, 7) is 8.42. The molecule has 0 aliphatic carbocycles. The molecule has 0 saturated heterocycles. The highest BCUT2D eigenvalue weighted by Crippen LogP contribution is 2.18. The number of amides is 1. The zero-order valence-electron chi connectivity index (χ0n) is 12.7. The number of para-hydroxylation sites is 2. The number of hydrogen-bond donors (Lipinski definition) is 0. The Morgan fingerprint density at radius 1 is 1.20 bits per heavy atom. The summed E-state index contributed by atoms with van der Waals surface area (Å²) in [5.74, 6) is 0. The molecule has 0 spiro atoms. The minimum Gasteiger partial charge on any atom is -0.319 e. The van der Waals surface area contributed by atoms with Crippen LogP contribution in [-0.4, -0.2) is 32.6 Å². The van der Waals surface area contributed by atoms with Crippen molar-refractivity contribution in [3.63, 3.8) is 0 Å². The highest BCUT2D eigenvalue weighted by molar-refractivity contribution is 5.89. The quantitative estimate of drug-likeness (QED) is 0.847. The minimum atomic E-state index is 0.0161. The zero-order valence-corrected chi connectivity index (χ0v) is 12.7. The summed E-state index contributed by atoms with van der Waals surface area (Å²) >= 11 is 0. The molecule has 1 aromatic heterocycles. The summed E-state index contributed by atoms with van der Waals surface area (Å²) in [6.07, 6.45) is 3.52. The third-order valence-corrected chi connectivity index (χ3v) is 4.01. The third kappa shape index (κ3) is 2.55. The Morgan fingerprint density at radius 3 is 2.40 bits per heavy atom. The summed E-state index contributed by atoms with van der Waals surface area (Å²) in [7, 11) is 0. The normalized spacial score (nSPS) is 14.2. The molecule has 0 fully saturated rings. The van der Waals surface area contributed by atoms with Gasteiger partial charge in [0.25, 0.3) is 0 Å². The fourth-order valence-corrected chi connectivity index (χ4v) is 2.44. The Hall–Kier alpha value is -1.84. The van der Waals surface area contributed by atoms with Crippen LogP contribution in [0.15, 0.2) is 30.6 Å². The number of hydrogen-bond acceptors (Lipinski definition) is 2. The zero-order chi connectivity index (χ0) is 14.7. The first-order valence-electron chi connectivity index (χ1n) is 7.34. The summed E-state index contributed by atoms with van der Waals surface area (Å²) in [5.41, 5.74) is 1.73. The van der Waals surface area contributed by atoms with Crippen molar-refractivity contribution in [2.75, 3.05) is 0 Å². The predicted octanol–water partition coefficient (Wildman–Crippen LogP) is 3.90. The molecule has 1 aromatic carbocycles.